The fourth-order valence-electron chi connectivity index (χ4n) is 2.68. The zero-order chi connectivity index (χ0) is 14.9. The molecule has 1 N–H and O–H groups in total. The number of nitrogens with one attached hydrogen (secondary N) is 1. The van der Waals surface area contributed by atoms with E-state index in [1.54, 1.807) is 7.11 Å². The number of rotatable bonds is 3. The van der Waals surface area contributed by atoms with E-state index in [-0.39, 0.29) is 11.6 Å². The molecule has 3 heteroatoms. The topological polar surface area (TPSA) is 30.5 Å². The normalized spacial score (nSPS) is 22.1. The molecule has 0 radical (unpaired) electrons. The van der Waals surface area contributed by atoms with Crippen LogP contribution in [0.5, 0.6) is 5.75 Å². The molecule has 1 heterocycles. The quantitative estimate of drug-likeness (QED) is 0.916. The first-order chi connectivity index (χ1) is 9.34. The summed E-state index contributed by atoms with van der Waals surface area (Å²) >= 11 is 0. The first-order valence-electron chi connectivity index (χ1n) is 7.39. The van der Waals surface area contributed by atoms with E-state index < -0.39 is 0 Å². The molecule has 1 saturated heterocycles. The van der Waals surface area contributed by atoms with Gasteiger partial charge in [-0.3, -0.25) is 0 Å². The van der Waals surface area contributed by atoms with Crippen molar-refractivity contribution in [3.05, 3.63) is 28.8 Å². The van der Waals surface area contributed by atoms with Gasteiger partial charge < -0.3 is 14.8 Å². The van der Waals surface area contributed by atoms with Gasteiger partial charge in [0.05, 0.1) is 19.8 Å². The largest absolute Gasteiger partial charge is 0.496 e. The highest BCUT2D eigenvalue weighted by Gasteiger charge is 2.29. The van der Waals surface area contributed by atoms with Crippen molar-refractivity contribution in [1.82, 2.24) is 5.32 Å². The molecular weight excluding hydrogens is 250 g/mol. The highest BCUT2D eigenvalue weighted by molar-refractivity contribution is 5.45. The zero-order valence-electron chi connectivity index (χ0n) is 13.5. The van der Waals surface area contributed by atoms with Gasteiger partial charge in [-0.25, -0.2) is 0 Å². The highest BCUT2D eigenvalue weighted by Crippen LogP contribution is 2.34. The smallest absolute Gasteiger partial charge is 0.122 e. The van der Waals surface area contributed by atoms with Crippen molar-refractivity contribution in [1.29, 1.82) is 0 Å². The maximum Gasteiger partial charge on any atom is 0.122 e. The molecule has 1 unspecified atom stereocenters. The number of hydrogen-bond acceptors (Lipinski definition) is 3. The number of aryl methyl sites for hydroxylation is 1. The number of ether oxygens (including phenoxy) is 2. The average molecular weight is 277 g/mol. The first-order valence-corrected chi connectivity index (χ1v) is 7.39. The predicted molar refractivity (Wildman–Crippen MR) is 82.6 cm³/mol. The van der Waals surface area contributed by atoms with Gasteiger partial charge >= 0.3 is 0 Å². The van der Waals surface area contributed by atoms with E-state index in [4.69, 9.17) is 9.47 Å². The van der Waals surface area contributed by atoms with Gasteiger partial charge in [-0.1, -0.05) is 13.8 Å². The van der Waals surface area contributed by atoms with Crippen molar-refractivity contribution in [3.8, 4) is 5.75 Å². The van der Waals surface area contributed by atoms with Crippen molar-refractivity contribution in [2.24, 2.45) is 0 Å². The minimum Gasteiger partial charge on any atom is -0.496 e. The molecule has 0 saturated carbocycles. The summed E-state index contributed by atoms with van der Waals surface area (Å²) in [6, 6.07) is 4.39. The van der Waals surface area contributed by atoms with Gasteiger partial charge in [0, 0.05) is 12.1 Å². The van der Waals surface area contributed by atoms with Crippen molar-refractivity contribution < 1.29 is 9.47 Å². The van der Waals surface area contributed by atoms with Crippen molar-refractivity contribution in [2.75, 3.05) is 20.3 Å². The van der Waals surface area contributed by atoms with E-state index >= 15 is 0 Å². The van der Waals surface area contributed by atoms with Crippen molar-refractivity contribution in [2.45, 2.75) is 52.2 Å². The first kappa shape index (κ1) is 15.3. The highest BCUT2D eigenvalue weighted by atomic mass is 16.5. The minimum absolute atomic E-state index is 0.0672. The third-order valence-corrected chi connectivity index (χ3v) is 4.00. The van der Waals surface area contributed by atoms with Gasteiger partial charge in [0.2, 0.25) is 0 Å². The van der Waals surface area contributed by atoms with E-state index in [0.717, 1.165) is 18.9 Å². The van der Waals surface area contributed by atoms with Crippen LogP contribution in [0.3, 0.4) is 0 Å². The van der Waals surface area contributed by atoms with Gasteiger partial charge in [-0.15, -0.1) is 0 Å². The van der Waals surface area contributed by atoms with Gasteiger partial charge in [0.1, 0.15) is 5.75 Å². The molecule has 1 atom stereocenters. The van der Waals surface area contributed by atoms with Crippen LogP contribution < -0.4 is 10.1 Å². The third kappa shape index (κ3) is 3.15. The van der Waals surface area contributed by atoms with Crippen LogP contribution in [0.4, 0.5) is 0 Å². The molecule has 0 aliphatic carbocycles. The summed E-state index contributed by atoms with van der Waals surface area (Å²) in [5, 5.41) is 3.56. The van der Waals surface area contributed by atoms with Crippen molar-refractivity contribution in [3.63, 3.8) is 0 Å². The van der Waals surface area contributed by atoms with Crippen LogP contribution in [0.2, 0.25) is 0 Å². The Morgan fingerprint density at radius 3 is 2.55 bits per heavy atom. The van der Waals surface area contributed by atoms with Crippen LogP contribution in [-0.4, -0.2) is 25.8 Å². The molecular formula is C17H27NO2. The second kappa shape index (κ2) is 5.74. The summed E-state index contributed by atoms with van der Waals surface area (Å²) in [4.78, 5) is 0. The monoisotopic (exact) mass is 277 g/mol. The Bertz CT molecular complexity index is 470. The minimum atomic E-state index is 0.0672. The lowest BCUT2D eigenvalue weighted by molar-refractivity contribution is -0.0232. The molecule has 3 nitrogen and oxygen atoms in total. The van der Waals surface area contributed by atoms with E-state index in [1.165, 1.54) is 16.7 Å². The van der Waals surface area contributed by atoms with Crippen LogP contribution in [-0.2, 0) is 4.74 Å². The van der Waals surface area contributed by atoms with Gasteiger partial charge in [0.25, 0.3) is 0 Å². The molecule has 0 bridgehead atoms. The lowest BCUT2D eigenvalue weighted by Gasteiger charge is -2.37. The predicted octanol–water partition coefficient (Wildman–Crippen LogP) is 3.57. The number of benzene rings is 1. The van der Waals surface area contributed by atoms with Gasteiger partial charge in [-0.05, 0) is 55.5 Å². The summed E-state index contributed by atoms with van der Waals surface area (Å²) in [6.45, 7) is 12.5. The molecule has 112 valence electrons. The fraction of sp³-hybridized carbons (Fsp3) is 0.647. The SMILES string of the molecule is COc1cc(C)c(C2CNC(C)(C)CO2)cc1C(C)C. The van der Waals surface area contributed by atoms with E-state index in [1.807, 2.05) is 0 Å². The maximum atomic E-state index is 6.07. The third-order valence-electron chi connectivity index (χ3n) is 4.00. The van der Waals surface area contributed by atoms with E-state index in [2.05, 4.69) is 52.1 Å². The van der Waals surface area contributed by atoms with Crippen LogP contribution in [0.25, 0.3) is 0 Å². The molecule has 0 spiro atoms. The molecule has 1 aromatic rings. The van der Waals surface area contributed by atoms with Crippen LogP contribution in [0.15, 0.2) is 12.1 Å². The average Bonchev–Trinajstić information content (AvgIpc) is 2.38. The Labute approximate surface area is 122 Å². The lowest BCUT2D eigenvalue weighted by atomic mass is 9.92. The second-order valence-corrected chi connectivity index (χ2v) is 6.67. The Hall–Kier alpha value is -1.06. The molecule has 20 heavy (non-hydrogen) atoms. The molecule has 1 fully saturated rings. The Morgan fingerprint density at radius 2 is 2.05 bits per heavy atom. The summed E-state index contributed by atoms with van der Waals surface area (Å²) in [7, 11) is 1.74. The molecule has 1 aliphatic heterocycles. The van der Waals surface area contributed by atoms with E-state index in [9.17, 15) is 0 Å². The molecule has 0 aromatic heterocycles. The second-order valence-electron chi connectivity index (χ2n) is 6.67. The van der Waals surface area contributed by atoms with Crippen LogP contribution in [0, 0.1) is 6.92 Å². The van der Waals surface area contributed by atoms with Crippen LogP contribution >= 0.6 is 0 Å². The van der Waals surface area contributed by atoms with Gasteiger partial charge in [0.15, 0.2) is 0 Å². The van der Waals surface area contributed by atoms with Crippen LogP contribution in [0.1, 0.15) is 56.4 Å². The van der Waals surface area contributed by atoms with Crippen molar-refractivity contribution >= 4 is 0 Å². The standard InChI is InChI=1S/C17H27NO2/c1-11(2)13-8-14(12(3)7-15(13)19-6)16-9-18-17(4,5)10-20-16/h7-8,11,16,18H,9-10H2,1-6H3. The Kier molecular flexibility index (Phi) is 4.40. The summed E-state index contributed by atoms with van der Waals surface area (Å²) < 4.78 is 11.6. The summed E-state index contributed by atoms with van der Waals surface area (Å²) in [5.74, 6) is 1.42. The molecule has 1 aromatic carbocycles. The molecule has 0 amide bonds. The summed E-state index contributed by atoms with van der Waals surface area (Å²) in [6.07, 6.45) is 0.131. The van der Waals surface area contributed by atoms with Gasteiger partial charge in [-0.2, -0.15) is 0 Å². The Balaban J connectivity index is 2.30. The maximum absolute atomic E-state index is 6.07. The zero-order valence-corrected chi connectivity index (χ0v) is 13.5. The number of methoxy groups -OCH3 is 1. The number of morpholine rings is 1. The Morgan fingerprint density at radius 1 is 1.35 bits per heavy atom. The molecule has 2 rings (SSSR count). The molecule has 1 aliphatic rings. The lowest BCUT2D eigenvalue weighted by Crippen LogP contribution is -2.50. The van der Waals surface area contributed by atoms with E-state index in [0.29, 0.717) is 5.92 Å². The number of hydrogen-bond donors (Lipinski definition) is 1. The summed E-state index contributed by atoms with van der Waals surface area (Å²) in [5.41, 5.74) is 3.83. The fourth-order valence-corrected chi connectivity index (χ4v) is 2.68.